The summed E-state index contributed by atoms with van der Waals surface area (Å²) in [7, 11) is 0. The van der Waals surface area contributed by atoms with Crippen molar-refractivity contribution < 1.29 is 14.6 Å². The molecular weight excluding hydrogens is 276 g/mol. The lowest BCUT2D eigenvalue weighted by Gasteiger charge is -2.23. The Bertz CT molecular complexity index is 664. The van der Waals surface area contributed by atoms with Crippen LogP contribution in [0.2, 0.25) is 0 Å². The van der Waals surface area contributed by atoms with Crippen molar-refractivity contribution in [2.45, 2.75) is 39.7 Å². The molecule has 0 saturated carbocycles. The highest BCUT2D eigenvalue weighted by atomic mass is 16.5. The van der Waals surface area contributed by atoms with E-state index in [9.17, 15) is 9.90 Å². The first-order chi connectivity index (χ1) is 10.3. The van der Waals surface area contributed by atoms with Crippen molar-refractivity contribution in [1.82, 2.24) is 0 Å². The van der Waals surface area contributed by atoms with Gasteiger partial charge in [0, 0.05) is 0 Å². The van der Waals surface area contributed by atoms with Crippen molar-refractivity contribution in [2.75, 3.05) is 0 Å². The Kier molecular flexibility index (Phi) is 4.55. The maximum absolute atomic E-state index is 10.7. The van der Waals surface area contributed by atoms with Crippen molar-refractivity contribution in [3.8, 4) is 5.75 Å². The number of carboxylic acids is 1. The number of hydrogen-bond acceptors (Lipinski definition) is 3. The van der Waals surface area contributed by atoms with E-state index in [0.29, 0.717) is 6.61 Å². The van der Waals surface area contributed by atoms with Crippen molar-refractivity contribution >= 4 is 5.97 Å². The van der Waals surface area contributed by atoms with E-state index in [4.69, 9.17) is 4.74 Å². The molecule has 2 aromatic rings. The molecule has 0 amide bonds. The summed E-state index contributed by atoms with van der Waals surface area (Å²) in [6, 6.07) is 12.8. The molecular formula is C19H21O3-. The van der Waals surface area contributed by atoms with E-state index in [-0.39, 0.29) is 11.0 Å². The van der Waals surface area contributed by atoms with Crippen LogP contribution in [-0.4, -0.2) is 5.97 Å². The summed E-state index contributed by atoms with van der Waals surface area (Å²) in [4.78, 5) is 10.7. The van der Waals surface area contributed by atoms with Gasteiger partial charge in [-0.2, -0.15) is 0 Å². The van der Waals surface area contributed by atoms with Crippen LogP contribution >= 0.6 is 0 Å². The number of carbonyl (C=O) groups is 1. The maximum Gasteiger partial charge on any atom is 0.123 e. The van der Waals surface area contributed by atoms with Gasteiger partial charge in [-0.3, -0.25) is 0 Å². The molecule has 3 heteroatoms. The van der Waals surface area contributed by atoms with E-state index in [2.05, 4.69) is 32.9 Å². The average Bonchev–Trinajstić information content (AvgIpc) is 2.44. The quantitative estimate of drug-likeness (QED) is 0.870. The van der Waals surface area contributed by atoms with Gasteiger partial charge in [0.15, 0.2) is 0 Å². The normalized spacial score (nSPS) is 11.3. The van der Waals surface area contributed by atoms with Crippen molar-refractivity contribution in [2.24, 2.45) is 0 Å². The van der Waals surface area contributed by atoms with E-state index in [1.54, 1.807) is 12.1 Å². The van der Waals surface area contributed by atoms with Crippen molar-refractivity contribution in [1.29, 1.82) is 0 Å². The van der Waals surface area contributed by atoms with Gasteiger partial charge in [0.2, 0.25) is 0 Å². The van der Waals surface area contributed by atoms with Crippen LogP contribution < -0.4 is 9.84 Å². The van der Waals surface area contributed by atoms with Gasteiger partial charge in [-0.1, -0.05) is 57.2 Å². The molecule has 0 aliphatic carbocycles. The van der Waals surface area contributed by atoms with Crippen molar-refractivity contribution in [3.63, 3.8) is 0 Å². The molecule has 0 atom stereocenters. The van der Waals surface area contributed by atoms with Crippen LogP contribution in [0.15, 0.2) is 42.5 Å². The number of ether oxygens (including phenoxy) is 1. The van der Waals surface area contributed by atoms with Gasteiger partial charge < -0.3 is 14.6 Å². The molecule has 0 unspecified atom stereocenters. The van der Waals surface area contributed by atoms with Gasteiger partial charge in [0.05, 0.1) is 5.97 Å². The van der Waals surface area contributed by atoms with Crippen LogP contribution in [0.25, 0.3) is 0 Å². The second-order valence-electron chi connectivity index (χ2n) is 6.52. The van der Waals surface area contributed by atoms with Gasteiger partial charge in [-0.25, -0.2) is 0 Å². The lowest BCUT2D eigenvalue weighted by Crippen LogP contribution is -2.22. The largest absolute Gasteiger partial charge is 0.545 e. The van der Waals surface area contributed by atoms with Gasteiger partial charge in [0.25, 0.3) is 0 Å². The topological polar surface area (TPSA) is 49.4 Å². The Morgan fingerprint density at radius 3 is 2.27 bits per heavy atom. The Hall–Kier alpha value is -2.29. The minimum atomic E-state index is -1.17. The SMILES string of the molecule is Cc1ccc(C(C)(C)C)c(OCc2ccc(C(=O)[O-])cc2)c1. The molecule has 0 aliphatic rings. The molecule has 0 N–H and O–H groups in total. The first-order valence-corrected chi connectivity index (χ1v) is 7.31. The molecule has 116 valence electrons. The summed E-state index contributed by atoms with van der Waals surface area (Å²) >= 11 is 0. The van der Waals surface area contributed by atoms with Crippen LogP contribution in [-0.2, 0) is 12.0 Å². The van der Waals surface area contributed by atoms with Crippen LogP contribution in [0.4, 0.5) is 0 Å². The summed E-state index contributed by atoms with van der Waals surface area (Å²) < 4.78 is 5.97. The zero-order valence-electron chi connectivity index (χ0n) is 13.5. The van der Waals surface area contributed by atoms with E-state index < -0.39 is 5.97 Å². The molecule has 0 bridgehead atoms. The molecule has 3 nitrogen and oxygen atoms in total. The van der Waals surface area contributed by atoms with Gasteiger partial charge in [-0.05, 0) is 40.7 Å². The van der Waals surface area contributed by atoms with Crippen molar-refractivity contribution in [3.05, 3.63) is 64.7 Å². The zero-order valence-corrected chi connectivity index (χ0v) is 13.5. The predicted octanol–water partition coefficient (Wildman–Crippen LogP) is 3.24. The lowest BCUT2D eigenvalue weighted by atomic mass is 9.86. The molecule has 0 spiro atoms. The summed E-state index contributed by atoms with van der Waals surface area (Å²) in [5, 5.41) is 10.7. The minimum absolute atomic E-state index is 0.00185. The highest BCUT2D eigenvalue weighted by Gasteiger charge is 2.19. The Morgan fingerprint density at radius 2 is 1.73 bits per heavy atom. The highest BCUT2D eigenvalue weighted by Crippen LogP contribution is 2.32. The number of aromatic carboxylic acids is 1. The second-order valence-corrected chi connectivity index (χ2v) is 6.52. The number of benzene rings is 2. The average molecular weight is 297 g/mol. The predicted molar refractivity (Wildman–Crippen MR) is 85.0 cm³/mol. The zero-order chi connectivity index (χ0) is 16.3. The van der Waals surface area contributed by atoms with Crippen LogP contribution in [0.1, 0.15) is 47.8 Å². The number of hydrogen-bond donors (Lipinski definition) is 0. The first kappa shape index (κ1) is 16.1. The molecule has 22 heavy (non-hydrogen) atoms. The molecule has 0 fully saturated rings. The van der Waals surface area contributed by atoms with E-state index in [1.165, 1.54) is 12.1 Å². The molecule has 0 radical (unpaired) electrons. The van der Waals surface area contributed by atoms with Gasteiger partial charge in [0.1, 0.15) is 12.4 Å². The summed E-state index contributed by atoms with van der Waals surface area (Å²) in [6.07, 6.45) is 0. The first-order valence-electron chi connectivity index (χ1n) is 7.31. The van der Waals surface area contributed by atoms with Gasteiger partial charge in [-0.15, -0.1) is 0 Å². The molecule has 0 heterocycles. The van der Waals surface area contributed by atoms with Gasteiger partial charge >= 0.3 is 0 Å². The lowest BCUT2D eigenvalue weighted by molar-refractivity contribution is -0.255. The summed E-state index contributed by atoms with van der Waals surface area (Å²) in [5.74, 6) is -0.294. The number of carboxylic acid groups (broad SMARTS) is 1. The third kappa shape index (κ3) is 3.88. The molecule has 2 rings (SSSR count). The monoisotopic (exact) mass is 297 g/mol. The standard InChI is InChI=1S/C19H22O3/c1-13-5-10-16(19(2,3)4)17(11-13)22-12-14-6-8-15(9-7-14)18(20)21/h5-11H,12H2,1-4H3,(H,20,21)/p-1. The fourth-order valence-corrected chi connectivity index (χ4v) is 2.27. The number of rotatable bonds is 4. The highest BCUT2D eigenvalue weighted by molar-refractivity contribution is 5.85. The second kappa shape index (κ2) is 6.22. The number of carbonyl (C=O) groups excluding carboxylic acids is 1. The smallest absolute Gasteiger partial charge is 0.123 e. The third-order valence-electron chi connectivity index (χ3n) is 3.53. The number of aryl methyl sites for hydroxylation is 1. The summed E-state index contributed by atoms with van der Waals surface area (Å²) in [6.45, 7) is 8.89. The van der Waals surface area contributed by atoms with E-state index in [0.717, 1.165) is 22.4 Å². The van der Waals surface area contributed by atoms with Crippen LogP contribution in [0.5, 0.6) is 5.75 Å². The van der Waals surface area contributed by atoms with E-state index >= 15 is 0 Å². The fourth-order valence-electron chi connectivity index (χ4n) is 2.27. The van der Waals surface area contributed by atoms with Crippen LogP contribution in [0, 0.1) is 6.92 Å². The van der Waals surface area contributed by atoms with E-state index in [1.807, 2.05) is 13.0 Å². The summed E-state index contributed by atoms with van der Waals surface area (Å²) in [5.41, 5.74) is 3.41. The minimum Gasteiger partial charge on any atom is -0.545 e. The molecule has 0 aliphatic heterocycles. The Morgan fingerprint density at radius 1 is 1.09 bits per heavy atom. The third-order valence-corrected chi connectivity index (χ3v) is 3.53. The Labute approximate surface area is 131 Å². The maximum atomic E-state index is 10.7. The molecule has 0 saturated heterocycles. The molecule has 2 aromatic carbocycles. The fraction of sp³-hybridized carbons (Fsp3) is 0.316. The molecule has 0 aromatic heterocycles. The Balaban J connectivity index is 2.17. The van der Waals surface area contributed by atoms with Crippen LogP contribution in [0.3, 0.4) is 0 Å².